The first kappa shape index (κ1) is 9.87. The van der Waals surface area contributed by atoms with Crippen LogP contribution in [0.1, 0.15) is 12.5 Å². The van der Waals surface area contributed by atoms with E-state index in [1.54, 1.807) is 23.1 Å². The summed E-state index contributed by atoms with van der Waals surface area (Å²) in [6.45, 7) is 2.16. The summed E-state index contributed by atoms with van der Waals surface area (Å²) in [5.41, 5.74) is 8.17. The number of hydrogen-bond acceptors (Lipinski definition) is 3. The van der Waals surface area contributed by atoms with E-state index in [9.17, 15) is 0 Å². The van der Waals surface area contributed by atoms with Crippen molar-refractivity contribution in [2.45, 2.75) is 18.2 Å². The van der Waals surface area contributed by atoms with Crippen LogP contribution in [0.15, 0.2) is 22.4 Å². The molecule has 0 aliphatic heterocycles. The summed E-state index contributed by atoms with van der Waals surface area (Å²) >= 11 is 3.60. The molecule has 0 radical (unpaired) electrons. The zero-order chi connectivity index (χ0) is 10.1. The molecule has 2 rings (SSSR count). The molecule has 0 aliphatic rings. The minimum absolute atomic E-state index is 0.925. The number of aryl methyl sites for hydroxylation is 1. The lowest BCUT2D eigenvalue weighted by Gasteiger charge is -2.04. The average molecular weight is 223 g/mol. The lowest BCUT2D eigenvalue weighted by Crippen LogP contribution is -1.92. The molecule has 1 nitrogen and oxygen atoms in total. The molecule has 1 heterocycles. The van der Waals surface area contributed by atoms with Crippen LogP contribution in [0.25, 0.3) is 10.1 Å². The van der Waals surface area contributed by atoms with Crippen LogP contribution in [-0.4, -0.2) is 6.26 Å². The van der Waals surface area contributed by atoms with Gasteiger partial charge in [-0.05, 0) is 24.3 Å². The summed E-state index contributed by atoms with van der Waals surface area (Å²) in [5, 5.41) is 3.57. The van der Waals surface area contributed by atoms with Gasteiger partial charge in [-0.3, -0.25) is 0 Å². The summed E-state index contributed by atoms with van der Waals surface area (Å²) < 4.78 is 1.36. The number of hydrogen-bond donors (Lipinski definition) is 1. The highest BCUT2D eigenvalue weighted by Gasteiger charge is 2.08. The van der Waals surface area contributed by atoms with Crippen molar-refractivity contribution in [1.82, 2.24) is 0 Å². The fourth-order valence-corrected chi connectivity index (χ4v) is 3.72. The van der Waals surface area contributed by atoms with E-state index in [0.29, 0.717) is 0 Å². The Labute approximate surface area is 92.3 Å². The standard InChI is InChI=1S/C11H13NS2/c1-3-7-9(12)5-4-8-10(13-2)6-14-11(7)8/h4-6H,3,12H2,1-2H3. The summed E-state index contributed by atoms with van der Waals surface area (Å²) in [5.74, 6) is 0. The second-order valence-corrected chi connectivity index (χ2v) is 4.90. The first-order valence-electron chi connectivity index (χ1n) is 4.60. The topological polar surface area (TPSA) is 26.0 Å². The zero-order valence-electron chi connectivity index (χ0n) is 8.33. The zero-order valence-corrected chi connectivity index (χ0v) is 9.97. The van der Waals surface area contributed by atoms with Crippen molar-refractivity contribution in [3.63, 3.8) is 0 Å². The van der Waals surface area contributed by atoms with Crippen LogP contribution < -0.4 is 5.73 Å². The number of thiophene rings is 1. The Morgan fingerprint density at radius 2 is 2.21 bits per heavy atom. The maximum absolute atomic E-state index is 5.95. The van der Waals surface area contributed by atoms with Crippen molar-refractivity contribution in [2.24, 2.45) is 0 Å². The van der Waals surface area contributed by atoms with Crippen molar-refractivity contribution in [1.29, 1.82) is 0 Å². The van der Waals surface area contributed by atoms with Crippen LogP contribution in [0.4, 0.5) is 5.69 Å². The van der Waals surface area contributed by atoms with Gasteiger partial charge in [-0.1, -0.05) is 13.0 Å². The van der Waals surface area contributed by atoms with Crippen LogP contribution in [0.3, 0.4) is 0 Å². The summed E-state index contributed by atoms with van der Waals surface area (Å²) in [4.78, 5) is 1.36. The molecule has 0 amide bonds. The van der Waals surface area contributed by atoms with Gasteiger partial charge in [0, 0.05) is 26.0 Å². The molecule has 0 saturated heterocycles. The lowest BCUT2D eigenvalue weighted by molar-refractivity contribution is 1.17. The lowest BCUT2D eigenvalue weighted by atomic mass is 10.1. The van der Waals surface area contributed by atoms with Crippen LogP contribution in [0.5, 0.6) is 0 Å². The second kappa shape index (κ2) is 3.83. The number of benzene rings is 1. The predicted molar refractivity (Wildman–Crippen MR) is 67.4 cm³/mol. The summed E-state index contributed by atoms with van der Waals surface area (Å²) in [6.07, 6.45) is 3.13. The molecule has 0 fully saturated rings. The van der Waals surface area contributed by atoms with E-state index in [2.05, 4.69) is 24.6 Å². The molecule has 2 N–H and O–H groups in total. The molecule has 0 unspecified atom stereocenters. The maximum Gasteiger partial charge on any atom is 0.0406 e. The van der Waals surface area contributed by atoms with Crippen molar-refractivity contribution >= 4 is 38.9 Å². The Balaban J connectivity index is 2.76. The first-order valence-corrected chi connectivity index (χ1v) is 6.71. The number of fused-ring (bicyclic) bond motifs is 1. The molecule has 1 aromatic heterocycles. The van der Waals surface area contributed by atoms with Crippen LogP contribution >= 0.6 is 23.1 Å². The van der Waals surface area contributed by atoms with Gasteiger partial charge in [-0.15, -0.1) is 23.1 Å². The molecular weight excluding hydrogens is 210 g/mol. The molecule has 0 bridgehead atoms. The Morgan fingerprint density at radius 1 is 1.43 bits per heavy atom. The molecule has 0 aliphatic carbocycles. The number of anilines is 1. The minimum Gasteiger partial charge on any atom is -0.398 e. The van der Waals surface area contributed by atoms with Crippen LogP contribution in [0, 0.1) is 0 Å². The first-order chi connectivity index (χ1) is 6.77. The fourth-order valence-electron chi connectivity index (χ4n) is 1.67. The maximum atomic E-state index is 5.95. The third kappa shape index (κ3) is 1.41. The third-order valence-corrected chi connectivity index (χ3v) is 4.40. The molecule has 74 valence electrons. The van der Waals surface area contributed by atoms with E-state index in [1.165, 1.54) is 20.5 Å². The third-order valence-electron chi connectivity index (χ3n) is 2.42. The van der Waals surface area contributed by atoms with Gasteiger partial charge >= 0.3 is 0 Å². The quantitative estimate of drug-likeness (QED) is 0.619. The highest BCUT2D eigenvalue weighted by molar-refractivity contribution is 7.99. The molecule has 2 aromatic rings. The Bertz CT molecular complexity index is 460. The molecule has 14 heavy (non-hydrogen) atoms. The van der Waals surface area contributed by atoms with Crippen molar-refractivity contribution in [2.75, 3.05) is 12.0 Å². The number of nitrogen functional groups attached to an aromatic ring is 1. The minimum atomic E-state index is 0.925. The van der Waals surface area contributed by atoms with Gasteiger partial charge in [0.1, 0.15) is 0 Å². The van der Waals surface area contributed by atoms with E-state index in [1.807, 2.05) is 6.07 Å². The van der Waals surface area contributed by atoms with Gasteiger partial charge in [0.2, 0.25) is 0 Å². The monoisotopic (exact) mass is 223 g/mol. The van der Waals surface area contributed by atoms with E-state index >= 15 is 0 Å². The number of rotatable bonds is 2. The SMILES string of the molecule is CCc1c(N)ccc2c(SC)csc12. The molecular formula is C11H13NS2. The molecule has 1 aromatic carbocycles. The van der Waals surface area contributed by atoms with Crippen LogP contribution in [0.2, 0.25) is 0 Å². The van der Waals surface area contributed by atoms with E-state index in [4.69, 9.17) is 5.73 Å². The second-order valence-electron chi connectivity index (χ2n) is 3.17. The Hall–Kier alpha value is -0.670. The summed E-state index contributed by atoms with van der Waals surface area (Å²) in [7, 11) is 0. The molecule has 0 spiro atoms. The Morgan fingerprint density at radius 3 is 2.86 bits per heavy atom. The smallest absolute Gasteiger partial charge is 0.0406 e. The van der Waals surface area contributed by atoms with Gasteiger partial charge in [-0.2, -0.15) is 0 Å². The predicted octanol–water partition coefficient (Wildman–Crippen LogP) is 3.77. The highest BCUT2D eigenvalue weighted by Crippen LogP contribution is 2.36. The number of thioether (sulfide) groups is 1. The van der Waals surface area contributed by atoms with E-state index < -0.39 is 0 Å². The fraction of sp³-hybridized carbons (Fsp3) is 0.273. The normalized spacial score (nSPS) is 11.0. The van der Waals surface area contributed by atoms with Crippen molar-refractivity contribution in [3.8, 4) is 0 Å². The van der Waals surface area contributed by atoms with E-state index in [0.717, 1.165) is 12.1 Å². The Kier molecular flexibility index (Phi) is 2.70. The molecule has 3 heteroatoms. The van der Waals surface area contributed by atoms with Gasteiger partial charge in [0.05, 0.1) is 0 Å². The highest BCUT2D eigenvalue weighted by atomic mass is 32.2. The largest absolute Gasteiger partial charge is 0.398 e. The van der Waals surface area contributed by atoms with Crippen LogP contribution in [-0.2, 0) is 6.42 Å². The van der Waals surface area contributed by atoms with Gasteiger partial charge in [0.25, 0.3) is 0 Å². The van der Waals surface area contributed by atoms with Crippen molar-refractivity contribution in [3.05, 3.63) is 23.1 Å². The molecule has 0 saturated carbocycles. The number of nitrogens with two attached hydrogens (primary N) is 1. The van der Waals surface area contributed by atoms with Gasteiger partial charge < -0.3 is 5.73 Å². The summed E-state index contributed by atoms with van der Waals surface area (Å²) in [6, 6.07) is 4.15. The average Bonchev–Trinajstić information content (AvgIpc) is 2.60. The van der Waals surface area contributed by atoms with Gasteiger partial charge in [-0.25, -0.2) is 0 Å². The van der Waals surface area contributed by atoms with E-state index in [-0.39, 0.29) is 0 Å². The van der Waals surface area contributed by atoms with Gasteiger partial charge in [0.15, 0.2) is 0 Å². The molecule has 0 atom stereocenters. The van der Waals surface area contributed by atoms with Crippen molar-refractivity contribution < 1.29 is 0 Å².